The molecule has 1 aliphatic rings. The molecule has 0 radical (unpaired) electrons. The minimum atomic E-state index is -0.149. The van der Waals surface area contributed by atoms with Crippen LogP contribution >= 0.6 is 11.6 Å². The summed E-state index contributed by atoms with van der Waals surface area (Å²) in [6, 6.07) is 6.87. The van der Waals surface area contributed by atoms with Gasteiger partial charge in [-0.05, 0) is 50.2 Å². The van der Waals surface area contributed by atoms with Crippen LogP contribution in [-0.4, -0.2) is 18.1 Å². The summed E-state index contributed by atoms with van der Waals surface area (Å²) >= 11 is 6.31. The van der Waals surface area contributed by atoms with Gasteiger partial charge in [-0.1, -0.05) is 18.2 Å². The molecule has 1 nitrogen and oxygen atoms in total. The van der Waals surface area contributed by atoms with Gasteiger partial charge in [0.25, 0.3) is 0 Å². The van der Waals surface area contributed by atoms with E-state index in [1.165, 1.54) is 6.07 Å². The first-order chi connectivity index (χ1) is 8.69. The Hall–Kier alpha value is -0.600. The number of ether oxygens (including phenoxy) is 1. The molecule has 100 valence electrons. The molecule has 1 aliphatic carbocycles. The molecule has 2 rings (SSSR count). The topological polar surface area (TPSA) is 9.23 Å². The van der Waals surface area contributed by atoms with Crippen LogP contribution in [0.4, 0.5) is 4.39 Å². The third-order valence-corrected chi connectivity index (χ3v) is 3.92. The Labute approximate surface area is 113 Å². The molecule has 1 saturated carbocycles. The maximum absolute atomic E-state index is 13.5. The van der Waals surface area contributed by atoms with Crippen molar-refractivity contribution in [3.63, 3.8) is 0 Å². The molecule has 1 unspecified atom stereocenters. The molecule has 0 aliphatic heterocycles. The number of benzene rings is 1. The summed E-state index contributed by atoms with van der Waals surface area (Å²) in [6.07, 6.45) is 4.21. The summed E-state index contributed by atoms with van der Waals surface area (Å²) in [6.45, 7) is 2.81. The molecule has 18 heavy (non-hydrogen) atoms. The normalized spacial score (nSPS) is 24.6. The van der Waals surface area contributed by atoms with E-state index in [1.54, 1.807) is 6.07 Å². The van der Waals surface area contributed by atoms with Crippen molar-refractivity contribution in [2.45, 2.75) is 44.1 Å². The second-order valence-corrected chi connectivity index (χ2v) is 5.66. The van der Waals surface area contributed by atoms with Crippen molar-refractivity contribution in [2.24, 2.45) is 5.92 Å². The van der Waals surface area contributed by atoms with Crippen LogP contribution in [-0.2, 0) is 11.2 Å². The number of rotatable bonds is 6. The minimum Gasteiger partial charge on any atom is -0.378 e. The first-order valence-electron chi connectivity index (χ1n) is 6.68. The van der Waals surface area contributed by atoms with E-state index >= 15 is 0 Å². The SMILES string of the molecule is CCOC1CC(CC(Cl)Cc2ccccc2F)C1. The second-order valence-electron chi connectivity index (χ2n) is 5.04. The fourth-order valence-corrected chi connectivity index (χ4v) is 3.00. The summed E-state index contributed by atoms with van der Waals surface area (Å²) < 4.78 is 19.0. The Balaban J connectivity index is 1.73. The predicted molar refractivity (Wildman–Crippen MR) is 72.5 cm³/mol. The van der Waals surface area contributed by atoms with Crippen LogP contribution in [0.2, 0.25) is 0 Å². The highest BCUT2D eigenvalue weighted by Crippen LogP contribution is 2.35. The molecule has 1 fully saturated rings. The Kier molecular flexibility index (Phi) is 5.02. The average Bonchev–Trinajstić information content (AvgIpc) is 2.29. The first kappa shape index (κ1) is 13.8. The molecule has 0 aromatic heterocycles. The van der Waals surface area contributed by atoms with Gasteiger partial charge in [0.1, 0.15) is 5.82 Å². The van der Waals surface area contributed by atoms with Crippen molar-refractivity contribution < 1.29 is 9.13 Å². The predicted octanol–water partition coefficient (Wildman–Crippen LogP) is 4.18. The third-order valence-electron chi connectivity index (χ3n) is 3.58. The highest BCUT2D eigenvalue weighted by atomic mass is 35.5. The van der Waals surface area contributed by atoms with E-state index in [-0.39, 0.29) is 11.2 Å². The summed E-state index contributed by atoms with van der Waals surface area (Å²) in [4.78, 5) is 0. The lowest BCUT2D eigenvalue weighted by molar-refractivity contribution is -0.0266. The van der Waals surface area contributed by atoms with Gasteiger partial charge in [0.2, 0.25) is 0 Å². The lowest BCUT2D eigenvalue weighted by Crippen LogP contribution is -2.33. The number of halogens is 2. The van der Waals surface area contributed by atoms with Crippen molar-refractivity contribution >= 4 is 11.6 Å². The highest BCUT2D eigenvalue weighted by Gasteiger charge is 2.31. The monoisotopic (exact) mass is 270 g/mol. The Morgan fingerprint density at radius 3 is 2.78 bits per heavy atom. The zero-order valence-electron chi connectivity index (χ0n) is 10.7. The maximum Gasteiger partial charge on any atom is 0.126 e. The van der Waals surface area contributed by atoms with E-state index in [0.29, 0.717) is 18.4 Å². The van der Waals surface area contributed by atoms with Gasteiger partial charge in [-0.3, -0.25) is 0 Å². The van der Waals surface area contributed by atoms with Crippen LogP contribution in [0.5, 0.6) is 0 Å². The first-order valence-corrected chi connectivity index (χ1v) is 7.11. The molecule has 0 N–H and O–H groups in total. The quantitative estimate of drug-likeness (QED) is 0.705. The zero-order chi connectivity index (χ0) is 13.0. The van der Waals surface area contributed by atoms with Crippen molar-refractivity contribution in [2.75, 3.05) is 6.61 Å². The van der Waals surface area contributed by atoms with E-state index in [4.69, 9.17) is 16.3 Å². The molecule has 0 saturated heterocycles. The molecule has 1 atom stereocenters. The van der Waals surface area contributed by atoms with Gasteiger partial charge >= 0.3 is 0 Å². The molecular weight excluding hydrogens is 251 g/mol. The van der Waals surface area contributed by atoms with E-state index in [9.17, 15) is 4.39 Å². The van der Waals surface area contributed by atoms with Crippen LogP contribution in [0.3, 0.4) is 0 Å². The smallest absolute Gasteiger partial charge is 0.126 e. The van der Waals surface area contributed by atoms with Gasteiger partial charge < -0.3 is 4.74 Å². The van der Waals surface area contributed by atoms with Gasteiger partial charge in [0.05, 0.1) is 6.10 Å². The van der Waals surface area contributed by atoms with Crippen LogP contribution < -0.4 is 0 Å². The lowest BCUT2D eigenvalue weighted by atomic mass is 9.78. The molecule has 1 aromatic rings. The fourth-order valence-electron chi connectivity index (χ4n) is 2.59. The van der Waals surface area contributed by atoms with E-state index < -0.39 is 0 Å². The second kappa shape index (κ2) is 6.53. The lowest BCUT2D eigenvalue weighted by Gasteiger charge is -2.36. The fraction of sp³-hybridized carbons (Fsp3) is 0.600. The van der Waals surface area contributed by atoms with Gasteiger partial charge in [0.15, 0.2) is 0 Å². The van der Waals surface area contributed by atoms with Crippen LogP contribution in [0.1, 0.15) is 31.7 Å². The maximum atomic E-state index is 13.5. The molecule has 0 heterocycles. The highest BCUT2D eigenvalue weighted by molar-refractivity contribution is 6.20. The van der Waals surface area contributed by atoms with Crippen molar-refractivity contribution in [3.8, 4) is 0 Å². The third kappa shape index (κ3) is 3.69. The summed E-state index contributed by atoms with van der Waals surface area (Å²) in [7, 11) is 0. The molecule has 0 amide bonds. The van der Waals surface area contributed by atoms with Crippen LogP contribution in [0, 0.1) is 11.7 Å². The summed E-state index contributed by atoms with van der Waals surface area (Å²) in [5.41, 5.74) is 0.721. The molecular formula is C15H20ClFO. The summed E-state index contributed by atoms with van der Waals surface area (Å²) in [5, 5.41) is 0.0227. The molecule has 1 aromatic carbocycles. The van der Waals surface area contributed by atoms with Gasteiger partial charge in [-0.25, -0.2) is 4.39 Å². The van der Waals surface area contributed by atoms with Crippen LogP contribution in [0.15, 0.2) is 24.3 Å². The van der Waals surface area contributed by atoms with Crippen molar-refractivity contribution in [1.29, 1.82) is 0 Å². The average molecular weight is 271 g/mol. The van der Waals surface area contributed by atoms with E-state index in [1.807, 2.05) is 19.1 Å². The molecule has 0 bridgehead atoms. The number of alkyl halides is 1. The zero-order valence-corrected chi connectivity index (χ0v) is 11.5. The van der Waals surface area contributed by atoms with Crippen molar-refractivity contribution in [1.82, 2.24) is 0 Å². The molecule has 3 heteroatoms. The molecule has 0 spiro atoms. The number of hydrogen-bond acceptors (Lipinski definition) is 1. The van der Waals surface area contributed by atoms with Gasteiger partial charge in [0, 0.05) is 12.0 Å². The minimum absolute atomic E-state index is 0.0227. The Bertz CT molecular complexity index is 377. The van der Waals surface area contributed by atoms with E-state index in [0.717, 1.165) is 31.4 Å². The Morgan fingerprint density at radius 2 is 2.11 bits per heavy atom. The summed E-state index contributed by atoms with van der Waals surface area (Å²) in [5.74, 6) is 0.500. The largest absolute Gasteiger partial charge is 0.378 e. The van der Waals surface area contributed by atoms with Crippen molar-refractivity contribution in [3.05, 3.63) is 35.6 Å². The standard InChI is InChI=1S/C15H20ClFO/c1-2-18-14-8-11(9-14)7-13(16)10-12-5-3-4-6-15(12)17/h3-6,11,13-14H,2,7-10H2,1H3. The number of hydrogen-bond donors (Lipinski definition) is 0. The van der Waals surface area contributed by atoms with Gasteiger partial charge in [-0.15, -0.1) is 11.6 Å². The Morgan fingerprint density at radius 1 is 1.39 bits per heavy atom. The van der Waals surface area contributed by atoms with Gasteiger partial charge in [-0.2, -0.15) is 0 Å². The van der Waals surface area contributed by atoms with E-state index in [2.05, 4.69) is 0 Å². The van der Waals surface area contributed by atoms with Crippen LogP contribution in [0.25, 0.3) is 0 Å².